The minimum Gasteiger partial charge on any atom is -0.318 e. The molecule has 16 rings (SSSR count). The van der Waals surface area contributed by atoms with Crippen molar-refractivity contribution >= 4 is 115 Å². The molecule has 0 aliphatic rings. The van der Waals surface area contributed by atoms with Crippen LogP contribution in [-0.2, 0) is 0 Å². The minimum atomic E-state index is 0.356. The van der Waals surface area contributed by atoms with Crippen LogP contribution in [0.25, 0.3) is 142 Å². The minimum absolute atomic E-state index is 0.356. The Hall–Kier alpha value is -10.6. The summed E-state index contributed by atoms with van der Waals surface area (Å²) in [5, 5.41) is 23.2. The van der Waals surface area contributed by atoms with Crippen molar-refractivity contribution in [3.63, 3.8) is 0 Å². The Morgan fingerprint density at radius 1 is 0.293 bits per heavy atom. The van der Waals surface area contributed by atoms with E-state index in [0.717, 1.165) is 115 Å². The molecule has 7 heteroatoms. The largest absolute Gasteiger partial charge is 0.318 e. The van der Waals surface area contributed by atoms with Crippen LogP contribution in [0.2, 0.25) is 0 Å². The van der Waals surface area contributed by atoms with Crippen molar-refractivity contribution in [2.24, 2.45) is 0 Å². The van der Waals surface area contributed by atoms with Gasteiger partial charge in [-0.25, -0.2) is 4.85 Å². The fraction of sp³-hybridized carbons (Fsp3) is 0. The van der Waals surface area contributed by atoms with Gasteiger partial charge >= 0.3 is 0 Å². The van der Waals surface area contributed by atoms with E-state index >= 15 is 0 Å². The van der Waals surface area contributed by atoms with E-state index in [0.29, 0.717) is 34.0 Å². The highest BCUT2D eigenvalue weighted by molar-refractivity contribution is 6.27. The molecular weight excluding hydrogens is 915 g/mol. The molecule has 0 atom stereocenters. The maximum absolute atomic E-state index is 12.5. The van der Waals surface area contributed by atoms with E-state index in [2.05, 4.69) is 253 Å². The number of aromatic nitrogens is 5. The number of fused-ring (bicyclic) bond motifs is 16. The summed E-state index contributed by atoms with van der Waals surface area (Å²) in [4.78, 5) is 4.76. The molecule has 5 aromatic heterocycles. The number of benzene rings is 11. The second-order valence-corrected chi connectivity index (χ2v) is 19.3. The fourth-order valence-corrected chi connectivity index (χ4v) is 12.8. The predicted octanol–water partition coefficient (Wildman–Crippen LogP) is 17.6. The Morgan fingerprint density at radius 3 is 1.05 bits per heavy atom. The van der Waals surface area contributed by atoms with Gasteiger partial charge in [-0.2, -0.15) is 5.26 Å². The zero-order valence-electron chi connectivity index (χ0n) is 40.1. The molecule has 5 heterocycles. The van der Waals surface area contributed by atoms with Gasteiger partial charge in [0, 0.05) is 59.5 Å². The third-order valence-corrected chi connectivity index (χ3v) is 15.7. The molecule has 11 aromatic carbocycles. The second-order valence-electron chi connectivity index (χ2n) is 19.3. The summed E-state index contributed by atoms with van der Waals surface area (Å²) >= 11 is 0. The molecule has 0 N–H and O–H groups in total. The van der Waals surface area contributed by atoms with Gasteiger partial charge in [-0.05, 0) is 66.7 Å². The number of rotatable bonds is 5. The predicted molar refractivity (Wildman–Crippen MR) is 309 cm³/mol. The van der Waals surface area contributed by atoms with Crippen LogP contribution >= 0.6 is 0 Å². The highest BCUT2D eigenvalue weighted by Gasteiger charge is 2.35. The van der Waals surface area contributed by atoms with Gasteiger partial charge < -0.3 is 22.8 Å². The van der Waals surface area contributed by atoms with Gasteiger partial charge in [0.25, 0.3) is 0 Å². The fourth-order valence-electron chi connectivity index (χ4n) is 12.8. The lowest BCUT2D eigenvalue weighted by Crippen LogP contribution is -2.14. The van der Waals surface area contributed by atoms with Crippen LogP contribution in [0.15, 0.2) is 237 Å². The average molecular weight is 954 g/mol. The normalized spacial score (nSPS) is 12.0. The molecule has 0 saturated carbocycles. The molecule has 7 nitrogen and oxygen atoms in total. The van der Waals surface area contributed by atoms with E-state index in [1.807, 2.05) is 12.1 Å². The van der Waals surface area contributed by atoms with E-state index in [9.17, 15) is 11.8 Å². The molecule has 0 aliphatic carbocycles. The summed E-state index contributed by atoms with van der Waals surface area (Å²) in [5.74, 6) is 0. The van der Waals surface area contributed by atoms with Crippen molar-refractivity contribution in [3.05, 3.63) is 254 Å². The third-order valence-electron chi connectivity index (χ3n) is 15.7. The highest BCUT2D eigenvalue weighted by atomic mass is 15.1. The van der Waals surface area contributed by atoms with E-state index in [1.165, 1.54) is 0 Å². The molecule has 346 valence electrons. The quantitative estimate of drug-likeness (QED) is 0.159. The second kappa shape index (κ2) is 15.5. The number of hydrogen-bond donors (Lipinski definition) is 0. The molecule has 0 unspecified atom stereocenters. The number of nitrogens with zero attached hydrogens (tertiary/aromatic N) is 7. The molecule has 0 spiro atoms. The first kappa shape index (κ1) is 41.1. The van der Waals surface area contributed by atoms with E-state index in [1.54, 1.807) is 0 Å². The summed E-state index contributed by atoms with van der Waals surface area (Å²) in [7, 11) is 0. The van der Waals surface area contributed by atoms with Crippen LogP contribution in [-0.4, -0.2) is 22.8 Å². The first-order valence-corrected chi connectivity index (χ1v) is 25.2. The van der Waals surface area contributed by atoms with Crippen LogP contribution < -0.4 is 0 Å². The van der Waals surface area contributed by atoms with Crippen molar-refractivity contribution in [1.82, 2.24) is 22.8 Å². The van der Waals surface area contributed by atoms with Gasteiger partial charge in [0.1, 0.15) is 6.07 Å². The summed E-state index contributed by atoms with van der Waals surface area (Å²) in [6.07, 6.45) is 0. The van der Waals surface area contributed by atoms with Gasteiger partial charge in [-0.3, -0.25) is 0 Å². The van der Waals surface area contributed by atoms with Gasteiger partial charge in [-0.1, -0.05) is 170 Å². The average Bonchev–Trinajstić information content (AvgIpc) is 4.33. The lowest BCUT2D eigenvalue weighted by molar-refractivity contribution is 1.03. The van der Waals surface area contributed by atoms with Crippen LogP contribution in [0.5, 0.6) is 0 Å². The molecule has 0 aliphatic heterocycles. The smallest absolute Gasteiger partial charge is 0.237 e. The first-order valence-electron chi connectivity index (χ1n) is 25.2. The Balaban J connectivity index is 1.23. The van der Waals surface area contributed by atoms with E-state index in [4.69, 9.17) is 4.85 Å². The van der Waals surface area contributed by atoms with Crippen LogP contribution in [0.3, 0.4) is 0 Å². The summed E-state index contributed by atoms with van der Waals surface area (Å²) in [6, 6.07) is 86.1. The lowest BCUT2D eigenvalue weighted by atomic mass is 10.0. The van der Waals surface area contributed by atoms with Crippen molar-refractivity contribution in [2.45, 2.75) is 0 Å². The van der Waals surface area contributed by atoms with Crippen molar-refractivity contribution < 1.29 is 0 Å². The maximum Gasteiger partial charge on any atom is 0.237 e. The number of nitriles is 1. The standard InChI is InChI=1S/C68H39N7/c1-70-63-65(72-54-32-14-5-23-43(54)44-24-6-15-33-55(44)72)52(41-69)66(73-56-34-16-7-25-45(56)46-26-8-17-35-57(46)73)68(67(63)74-58-36-18-9-27-47(58)48-28-10-19-37-59(48)74)75-60-38-20-12-30-51(60)62-61(75)40-39-50-49-29-11-13-31-53(49)71(64(50)62)42-21-3-2-4-22-42/h2-40H. The molecule has 0 fully saturated rings. The lowest BCUT2D eigenvalue weighted by Gasteiger charge is -2.27. The molecule has 75 heavy (non-hydrogen) atoms. The van der Waals surface area contributed by atoms with Gasteiger partial charge in [-0.15, -0.1) is 0 Å². The third kappa shape index (κ3) is 5.40. The monoisotopic (exact) mass is 953 g/mol. The Kier molecular flexibility index (Phi) is 8.46. The molecule has 16 aromatic rings. The van der Waals surface area contributed by atoms with Crippen molar-refractivity contribution in [1.29, 1.82) is 5.26 Å². The van der Waals surface area contributed by atoms with Crippen LogP contribution in [0.1, 0.15) is 5.56 Å². The van der Waals surface area contributed by atoms with Gasteiger partial charge in [0.2, 0.25) is 5.69 Å². The SMILES string of the molecule is [C-]#[N+]c1c(-n2c3ccccc3c3ccccc32)c(C#N)c(-n2c3ccccc3c3ccccc32)c(-n2c3ccccc3c3c2ccc2c4ccccc4n(-c4ccccc4)c23)c1-n1c2ccccc2c2ccccc21. The zero-order valence-corrected chi connectivity index (χ0v) is 40.1. The van der Waals surface area contributed by atoms with Crippen molar-refractivity contribution in [3.8, 4) is 34.5 Å². The molecule has 0 radical (unpaired) electrons. The number of para-hydroxylation sites is 9. The molecule has 0 bridgehead atoms. The van der Waals surface area contributed by atoms with E-state index < -0.39 is 0 Å². The summed E-state index contributed by atoms with van der Waals surface area (Å²) in [6.45, 7) is 9.75. The van der Waals surface area contributed by atoms with Gasteiger partial charge in [0.05, 0.1) is 90.1 Å². The Bertz CT molecular complexity index is 4900. The van der Waals surface area contributed by atoms with E-state index in [-0.39, 0.29) is 0 Å². The van der Waals surface area contributed by atoms with Gasteiger partial charge in [0.15, 0.2) is 0 Å². The topological polar surface area (TPSA) is 52.8 Å². The summed E-state index contributed by atoms with van der Waals surface area (Å²) in [5.41, 5.74) is 14.0. The van der Waals surface area contributed by atoms with Crippen LogP contribution in [0, 0.1) is 17.9 Å². The highest BCUT2D eigenvalue weighted by Crippen LogP contribution is 2.52. The maximum atomic E-state index is 12.5. The number of hydrogen-bond acceptors (Lipinski definition) is 1. The zero-order chi connectivity index (χ0) is 49.5. The Labute approximate surface area is 428 Å². The first-order chi connectivity index (χ1) is 37.2. The van der Waals surface area contributed by atoms with Crippen LogP contribution in [0.4, 0.5) is 5.69 Å². The molecule has 0 amide bonds. The Morgan fingerprint density at radius 2 is 0.627 bits per heavy atom. The molecular formula is C68H39N7. The summed E-state index contributed by atoms with van der Waals surface area (Å²) < 4.78 is 11.6. The molecule has 0 saturated heterocycles. The van der Waals surface area contributed by atoms with Crippen molar-refractivity contribution in [2.75, 3.05) is 0 Å².